The van der Waals surface area contributed by atoms with E-state index in [1.165, 1.54) is 12.2 Å². The van der Waals surface area contributed by atoms with Gasteiger partial charge in [0, 0.05) is 24.3 Å². The molecule has 4 rings (SSSR count). The van der Waals surface area contributed by atoms with Crippen LogP contribution in [0, 0.1) is 0 Å². The van der Waals surface area contributed by atoms with Crippen LogP contribution in [-0.2, 0) is 57.1 Å². The number of hydrogen-bond acceptors (Lipinski definition) is 14. The van der Waals surface area contributed by atoms with Gasteiger partial charge in [0.15, 0.2) is 12.2 Å². The quantitative estimate of drug-likeness (QED) is 0.0808. The van der Waals surface area contributed by atoms with Gasteiger partial charge < -0.3 is 37.9 Å². The SMILES string of the molecule is C=CC(=O)OCCCCOC(=O)C=Cc1ccc(C(=O)OC2CO[C@@H]3[C@@H](OC(=O)c4ccc(C=CC(=O)OCCCCOC(=O)C=C)cc4)CO[C@H]23)cc1. The minimum Gasteiger partial charge on any atom is -0.463 e. The van der Waals surface area contributed by atoms with Crippen molar-refractivity contribution in [2.45, 2.75) is 50.1 Å². The molecule has 0 amide bonds. The summed E-state index contributed by atoms with van der Waals surface area (Å²) in [5.41, 5.74) is 1.89. The molecule has 0 aliphatic carbocycles. The maximum absolute atomic E-state index is 12.9. The zero-order chi connectivity index (χ0) is 38.7. The molecule has 1 unspecified atom stereocenters. The molecule has 0 spiro atoms. The van der Waals surface area contributed by atoms with Gasteiger partial charge in [-0.15, -0.1) is 0 Å². The van der Waals surface area contributed by atoms with Crippen molar-refractivity contribution >= 4 is 48.0 Å². The van der Waals surface area contributed by atoms with Gasteiger partial charge in [0.05, 0.1) is 50.8 Å². The van der Waals surface area contributed by atoms with Crippen LogP contribution in [-0.4, -0.2) is 99.9 Å². The van der Waals surface area contributed by atoms with Crippen molar-refractivity contribution in [3.05, 3.63) is 108 Å². The monoisotopic (exact) mass is 746 g/mol. The molecule has 2 fully saturated rings. The Morgan fingerprint density at radius 2 is 0.870 bits per heavy atom. The molecule has 2 aliphatic rings. The standard InChI is InChI=1S/C40H42O14/c1-3-33(41)47-21-5-7-23-49-35(43)19-13-27-9-15-29(16-10-27)39(45)53-31-25-51-38-32(26-52-37(31)38)54-40(46)30-17-11-28(12-18-30)14-20-36(44)50-24-8-6-22-48-34(42)4-2/h3-4,9-20,31-32,37-38H,1-2,5-8,21-26H2/t31-,32?,37+,38+/m0/s1. The van der Waals surface area contributed by atoms with Crippen LogP contribution in [0.15, 0.2) is 86.0 Å². The van der Waals surface area contributed by atoms with Gasteiger partial charge in [0.2, 0.25) is 0 Å². The van der Waals surface area contributed by atoms with E-state index in [1.54, 1.807) is 60.7 Å². The highest BCUT2D eigenvalue weighted by Crippen LogP contribution is 2.31. The summed E-state index contributed by atoms with van der Waals surface area (Å²) in [7, 11) is 0. The van der Waals surface area contributed by atoms with Gasteiger partial charge in [-0.3, -0.25) is 0 Å². The van der Waals surface area contributed by atoms with E-state index in [9.17, 15) is 28.8 Å². The first-order chi connectivity index (χ1) is 26.2. The summed E-state index contributed by atoms with van der Waals surface area (Å²) in [6.07, 6.45) is 7.31. The lowest BCUT2D eigenvalue weighted by atomic mass is 10.1. The summed E-state index contributed by atoms with van der Waals surface area (Å²) >= 11 is 0. The molecule has 0 saturated carbocycles. The molecule has 286 valence electrons. The van der Waals surface area contributed by atoms with Gasteiger partial charge >= 0.3 is 35.8 Å². The van der Waals surface area contributed by atoms with Crippen molar-refractivity contribution in [2.75, 3.05) is 39.6 Å². The van der Waals surface area contributed by atoms with Gasteiger partial charge in [0.1, 0.15) is 12.2 Å². The van der Waals surface area contributed by atoms with Crippen LogP contribution in [0.3, 0.4) is 0 Å². The van der Waals surface area contributed by atoms with E-state index in [0.29, 0.717) is 36.8 Å². The Balaban J connectivity index is 1.15. The molecule has 0 radical (unpaired) electrons. The van der Waals surface area contributed by atoms with Crippen molar-refractivity contribution in [2.24, 2.45) is 0 Å². The molecule has 0 bridgehead atoms. The second kappa shape index (κ2) is 21.6. The fraction of sp³-hybridized carbons (Fsp3) is 0.350. The van der Waals surface area contributed by atoms with Crippen LogP contribution in [0.1, 0.15) is 57.5 Å². The Kier molecular flexibility index (Phi) is 16.4. The first kappa shape index (κ1) is 40.9. The second-order valence-corrected chi connectivity index (χ2v) is 11.9. The molecule has 0 aromatic heterocycles. The summed E-state index contributed by atoms with van der Waals surface area (Å²) in [5.74, 6) is -3.24. The Morgan fingerprint density at radius 3 is 1.20 bits per heavy atom. The summed E-state index contributed by atoms with van der Waals surface area (Å²) in [6.45, 7) is 7.54. The number of ether oxygens (including phenoxy) is 8. The van der Waals surface area contributed by atoms with Crippen LogP contribution in [0.4, 0.5) is 0 Å². The van der Waals surface area contributed by atoms with Gasteiger partial charge in [-0.2, -0.15) is 0 Å². The highest BCUT2D eigenvalue weighted by Gasteiger charge is 2.51. The highest BCUT2D eigenvalue weighted by molar-refractivity contribution is 5.91. The van der Waals surface area contributed by atoms with E-state index in [1.807, 2.05) is 0 Å². The fourth-order valence-corrected chi connectivity index (χ4v) is 5.14. The summed E-state index contributed by atoms with van der Waals surface area (Å²) in [4.78, 5) is 71.7. The predicted octanol–water partition coefficient (Wildman–Crippen LogP) is 4.37. The van der Waals surface area contributed by atoms with Crippen molar-refractivity contribution in [3.8, 4) is 0 Å². The molecule has 2 heterocycles. The molecule has 14 heteroatoms. The van der Waals surface area contributed by atoms with Crippen molar-refractivity contribution < 1.29 is 66.7 Å². The molecule has 4 atom stereocenters. The Morgan fingerprint density at radius 1 is 0.537 bits per heavy atom. The smallest absolute Gasteiger partial charge is 0.338 e. The zero-order valence-electron chi connectivity index (χ0n) is 29.6. The van der Waals surface area contributed by atoms with Gasteiger partial charge in [0.25, 0.3) is 0 Å². The van der Waals surface area contributed by atoms with Crippen molar-refractivity contribution in [1.82, 2.24) is 0 Å². The average molecular weight is 747 g/mol. The number of esters is 6. The Hall–Kier alpha value is -5.86. The molecule has 2 aliphatic heterocycles. The summed E-state index contributed by atoms with van der Waals surface area (Å²) in [5, 5.41) is 0. The maximum atomic E-state index is 12.9. The van der Waals surface area contributed by atoms with E-state index >= 15 is 0 Å². The van der Waals surface area contributed by atoms with Gasteiger partial charge in [-0.25, -0.2) is 28.8 Å². The lowest BCUT2D eigenvalue weighted by Crippen LogP contribution is -2.36. The minimum atomic E-state index is -0.714. The summed E-state index contributed by atoms with van der Waals surface area (Å²) in [6, 6.07) is 12.9. The lowest BCUT2D eigenvalue weighted by Gasteiger charge is -2.17. The molecule has 2 saturated heterocycles. The van der Waals surface area contributed by atoms with Crippen molar-refractivity contribution in [3.63, 3.8) is 0 Å². The molecular weight excluding hydrogens is 704 g/mol. The Bertz CT molecular complexity index is 1570. The number of rotatable bonds is 20. The Labute approximate surface area is 312 Å². The summed E-state index contributed by atoms with van der Waals surface area (Å²) < 4.78 is 42.9. The molecular formula is C40H42O14. The molecule has 14 nitrogen and oxygen atoms in total. The number of benzene rings is 2. The third-order valence-corrected chi connectivity index (χ3v) is 7.98. The van der Waals surface area contributed by atoms with Gasteiger partial charge in [-0.05, 0) is 73.2 Å². The number of unbranched alkanes of at least 4 members (excludes halogenated alkanes) is 2. The largest absolute Gasteiger partial charge is 0.463 e. The van der Waals surface area contributed by atoms with Crippen LogP contribution in [0.5, 0.6) is 0 Å². The van der Waals surface area contributed by atoms with E-state index in [0.717, 1.165) is 12.2 Å². The second-order valence-electron chi connectivity index (χ2n) is 11.9. The van der Waals surface area contributed by atoms with E-state index in [4.69, 9.17) is 37.9 Å². The molecule has 0 N–H and O–H groups in total. The lowest BCUT2D eigenvalue weighted by molar-refractivity contribution is -0.140. The normalized spacial score (nSPS) is 18.7. The van der Waals surface area contributed by atoms with E-state index in [-0.39, 0.29) is 50.8 Å². The average Bonchev–Trinajstić information content (AvgIpc) is 3.78. The number of carbonyl (C=O) groups excluding carboxylic acids is 6. The number of fused-ring (bicyclic) bond motifs is 1. The van der Waals surface area contributed by atoms with Crippen molar-refractivity contribution in [1.29, 1.82) is 0 Å². The molecule has 2 aromatic rings. The van der Waals surface area contributed by atoms with Crippen LogP contribution in [0.25, 0.3) is 12.2 Å². The maximum Gasteiger partial charge on any atom is 0.338 e. The zero-order valence-corrected chi connectivity index (χ0v) is 29.6. The van der Waals surface area contributed by atoms with Crippen LogP contribution in [0.2, 0.25) is 0 Å². The predicted molar refractivity (Wildman–Crippen MR) is 192 cm³/mol. The third-order valence-electron chi connectivity index (χ3n) is 7.98. The molecule has 54 heavy (non-hydrogen) atoms. The van der Waals surface area contributed by atoms with E-state index < -0.39 is 60.2 Å². The highest BCUT2D eigenvalue weighted by atomic mass is 16.7. The number of carbonyl (C=O) groups is 6. The fourth-order valence-electron chi connectivity index (χ4n) is 5.14. The number of hydrogen-bond donors (Lipinski definition) is 0. The minimum absolute atomic E-state index is 0.0622. The van der Waals surface area contributed by atoms with Gasteiger partial charge in [-0.1, -0.05) is 37.4 Å². The third kappa shape index (κ3) is 13.3. The van der Waals surface area contributed by atoms with Crippen LogP contribution >= 0.6 is 0 Å². The van der Waals surface area contributed by atoms with Crippen LogP contribution < -0.4 is 0 Å². The topological polar surface area (TPSA) is 176 Å². The molecule has 2 aromatic carbocycles. The first-order valence-corrected chi connectivity index (χ1v) is 17.3. The van der Waals surface area contributed by atoms with E-state index in [2.05, 4.69) is 13.2 Å². The first-order valence-electron chi connectivity index (χ1n) is 17.3.